The molecule has 0 amide bonds. The lowest BCUT2D eigenvalue weighted by atomic mass is 9.60. The highest BCUT2D eigenvalue weighted by molar-refractivity contribution is 5.77. The van der Waals surface area contributed by atoms with Crippen molar-refractivity contribution in [2.75, 3.05) is 0 Å². The first-order valence-corrected chi connectivity index (χ1v) is 10.3. The van der Waals surface area contributed by atoms with Crippen molar-refractivity contribution in [3.63, 3.8) is 0 Å². The Balaban J connectivity index is 2.02. The molecule has 23 heavy (non-hydrogen) atoms. The fourth-order valence-corrected chi connectivity index (χ4v) is 5.14. The lowest BCUT2D eigenvalue weighted by Crippen LogP contribution is -2.44. The standard InChI is InChI=1S/C21H38O2/c1-4-9-17(3)23-20(22)21(15-7-6-8-16-21)19-13-11-18(10-5-2)12-14-19/h17-19H,4-16H2,1-3H3. The van der Waals surface area contributed by atoms with Crippen molar-refractivity contribution in [3.05, 3.63) is 0 Å². The summed E-state index contributed by atoms with van der Waals surface area (Å²) in [5.74, 6) is 1.64. The zero-order valence-electron chi connectivity index (χ0n) is 15.7. The van der Waals surface area contributed by atoms with E-state index in [-0.39, 0.29) is 17.5 Å². The van der Waals surface area contributed by atoms with Gasteiger partial charge in [-0.15, -0.1) is 0 Å². The van der Waals surface area contributed by atoms with Gasteiger partial charge in [0.25, 0.3) is 0 Å². The van der Waals surface area contributed by atoms with Gasteiger partial charge in [0.2, 0.25) is 0 Å². The molecule has 1 atom stereocenters. The molecule has 0 saturated heterocycles. The van der Waals surface area contributed by atoms with E-state index in [0.717, 1.165) is 31.6 Å². The first-order valence-electron chi connectivity index (χ1n) is 10.3. The molecule has 2 saturated carbocycles. The van der Waals surface area contributed by atoms with Crippen LogP contribution >= 0.6 is 0 Å². The average Bonchev–Trinajstić information content (AvgIpc) is 2.56. The van der Waals surface area contributed by atoms with Crippen LogP contribution in [0.4, 0.5) is 0 Å². The van der Waals surface area contributed by atoms with Crippen LogP contribution in [-0.4, -0.2) is 12.1 Å². The van der Waals surface area contributed by atoms with E-state index < -0.39 is 0 Å². The summed E-state index contributed by atoms with van der Waals surface area (Å²) in [6.07, 6.45) is 15.9. The third kappa shape index (κ3) is 4.73. The predicted octanol–water partition coefficient (Wildman–Crippen LogP) is 6.28. The summed E-state index contributed by atoms with van der Waals surface area (Å²) in [6, 6.07) is 0. The molecule has 134 valence electrons. The summed E-state index contributed by atoms with van der Waals surface area (Å²) in [4.78, 5) is 13.1. The van der Waals surface area contributed by atoms with Gasteiger partial charge in [-0.3, -0.25) is 4.79 Å². The van der Waals surface area contributed by atoms with E-state index in [1.54, 1.807) is 0 Å². The molecule has 0 N–H and O–H groups in total. The van der Waals surface area contributed by atoms with Crippen molar-refractivity contribution in [3.8, 4) is 0 Å². The van der Waals surface area contributed by atoms with E-state index in [1.165, 1.54) is 57.8 Å². The minimum atomic E-state index is -0.141. The topological polar surface area (TPSA) is 26.3 Å². The number of hydrogen-bond acceptors (Lipinski definition) is 2. The summed E-state index contributed by atoms with van der Waals surface area (Å²) < 4.78 is 5.92. The van der Waals surface area contributed by atoms with Crippen LogP contribution in [0.2, 0.25) is 0 Å². The molecule has 0 bridgehead atoms. The SMILES string of the molecule is CCCC1CCC(C2(C(=O)OC(C)CCC)CCCCC2)CC1. The van der Waals surface area contributed by atoms with Crippen LogP contribution in [0.3, 0.4) is 0 Å². The van der Waals surface area contributed by atoms with Crippen molar-refractivity contribution in [1.29, 1.82) is 0 Å². The Hall–Kier alpha value is -0.530. The van der Waals surface area contributed by atoms with E-state index >= 15 is 0 Å². The van der Waals surface area contributed by atoms with Crippen molar-refractivity contribution in [2.24, 2.45) is 17.3 Å². The summed E-state index contributed by atoms with van der Waals surface area (Å²) in [7, 11) is 0. The van der Waals surface area contributed by atoms with Crippen LogP contribution in [0, 0.1) is 17.3 Å². The molecule has 2 aliphatic rings. The fourth-order valence-electron chi connectivity index (χ4n) is 5.14. The van der Waals surface area contributed by atoms with Gasteiger partial charge < -0.3 is 4.74 Å². The molecule has 2 fully saturated rings. The molecule has 0 aromatic carbocycles. The number of ether oxygens (including phenoxy) is 1. The summed E-state index contributed by atoms with van der Waals surface area (Å²) in [5.41, 5.74) is -0.141. The summed E-state index contributed by atoms with van der Waals surface area (Å²) in [6.45, 7) is 6.52. The lowest BCUT2D eigenvalue weighted by molar-refractivity contribution is -0.169. The quantitative estimate of drug-likeness (QED) is 0.516. The minimum Gasteiger partial charge on any atom is -0.462 e. The van der Waals surface area contributed by atoms with Crippen LogP contribution in [0.25, 0.3) is 0 Å². The van der Waals surface area contributed by atoms with E-state index in [1.807, 2.05) is 0 Å². The van der Waals surface area contributed by atoms with Gasteiger partial charge in [-0.05, 0) is 50.9 Å². The van der Waals surface area contributed by atoms with Crippen molar-refractivity contribution in [2.45, 2.75) is 110 Å². The zero-order chi connectivity index (χ0) is 16.7. The van der Waals surface area contributed by atoms with Gasteiger partial charge >= 0.3 is 5.97 Å². The molecular weight excluding hydrogens is 284 g/mol. The third-order valence-electron chi connectivity index (χ3n) is 6.48. The molecule has 0 radical (unpaired) electrons. The third-order valence-corrected chi connectivity index (χ3v) is 6.48. The average molecular weight is 323 g/mol. The van der Waals surface area contributed by atoms with Gasteiger partial charge in [0.1, 0.15) is 0 Å². The zero-order valence-corrected chi connectivity index (χ0v) is 15.7. The fraction of sp³-hybridized carbons (Fsp3) is 0.952. The van der Waals surface area contributed by atoms with Gasteiger partial charge in [0, 0.05) is 0 Å². The number of esters is 1. The Morgan fingerprint density at radius 3 is 2.26 bits per heavy atom. The Kier molecular flexibility index (Phi) is 7.43. The van der Waals surface area contributed by atoms with E-state index in [4.69, 9.17) is 4.74 Å². The maximum absolute atomic E-state index is 13.1. The summed E-state index contributed by atoms with van der Waals surface area (Å²) >= 11 is 0. The second-order valence-corrected chi connectivity index (χ2v) is 8.23. The Morgan fingerprint density at radius 1 is 1.04 bits per heavy atom. The Bertz CT molecular complexity index is 349. The predicted molar refractivity (Wildman–Crippen MR) is 96.3 cm³/mol. The molecule has 2 heteroatoms. The van der Waals surface area contributed by atoms with E-state index in [2.05, 4.69) is 20.8 Å². The second-order valence-electron chi connectivity index (χ2n) is 8.23. The molecular formula is C21H38O2. The van der Waals surface area contributed by atoms with Crippen molar-refractivity contribution >= 4 is 5.97 Å². The largest absolute Gasteiger partial charge is 0.462 e. The van der Waals surface area contributed by atoms with Gasteiger partial charge in [0.15, 0.2) is 0 Å². The number of rotatable bonds is 7. The van der Waals surface area contributed by atoms with E-state index in [9.17, 15) is 4.79 Å². The van der Waals surface area contributed by atoms with Crippen LogP contribution in [0.15, 0.2) is 0 Å². The van der Waals surface area contributed by atoms with Crippen LogP contribution < -0.4 is 0 Å². The smallest absolute Gasteiger partial charge is 0.312 e. The van der Waals surface area contributed by atoms with Gasteiger partial charge in [-0.2, -0.15) is 0 Å². The molecule has 1 unspecified atom stereocenters. The van der Waals surface area contributed by atoms with Crippen molar-refractivity contribution < 1.29 is 9.53 Å². The minimum absolute atomic E-state index is 0.0859. The number of hydrogen-bond donors (Lipinski definition) is 0. The molecule has 0 aromatic heterocycles. The van der Waals surface area contributed by atoms with Crippen LogP contribution in [0.1, 0.15) is 104 Å². The highest BCUT2D eigenvalue weighted by Gasteiger charge is 2.48. The summed E-state index contributed by atoms with van der Waals surface area (Å²) in [5, 5.41) is 0. The molecule has 2 aliphatic carbocycles. The first kappa shape index (κ1) is 18.8. The Morgan fingerprint density at radius 2 is 1.70 bits per heavy atom. The molecule has 0 spiro atoms. The van der Waals surface area contributed by atoms with Crippen molar-refractivity contribution in [1.82, 2.24) is 0 Å². The first-order chi connectivity index (χ1) is 11.1. The van der Waals surface area contributed by atoms with E-state index in [0.29, 0.717) is 5.92 Å². The molecule has 0 heterocycles. The van der Waals surface area contributed by atoms with Gasteiger partial charge in [0.05, 0.1) is 11.5 Å². The second kappa shape index (κ2) is 9.08. The number of carbonyl (C=O) groups is 1. The number of carbonyl (C=O) groups excluding carboxylic acids is 1. The molecule has 2 rings (SSSR count). The van der Waals surface area contributed by atoms with Gasteiger partial charge in [-0.25, -0.2) is 0 Å². The molecule has 0 aliphatic heterocycles. The van der Waals surface area contributed by atoms with Gasteiger partial charge in [-0.1, -0.05) is 65.2 Å². The highest BCUT2D eigenvalue weighted by atomic mass is 16.5. The lowest BCUT2D eigenvalue weighted by Gasteiger charge is -2.44. The Labute approximate surface area is 143 Å². The molecule has 2 nitrogen and oxygen atoms in total. The van der Waals surface area contributed by atoms with Crippen LogP contribution in [0.5, 0.6) is 0 Å². The maximum atomic E-state index is 13.1. The molecule has 0 aromatic rings. The monoisotopic (exact) mass is 322 g/mol. The van der Waals surface area contributed by atoms with Crippen LogP contribution in [-0.2, 0) is 9.53 Å². The highest BCUT2D eigenvalue weighted by Crippen LogP contribution is 2.50. The maximum Gasteiger partial charge on any atom is 0.312 e. The normalized spacial score (nSPS) is 29.0.